The third kappa shape index (κ3) is 2.87. The molecule has 0 aromatic carbocycles. The van der Waals surface area contributed by atoms with E-state index in [4.69, 9.17) is 16.1 Å². The predicted molar refractivity (Wildman–Crippen MR) is 66.3 cm³/mol. The second-order valence-electron chi connectivity index (χ2n) is 3.94. The molecule has 18 heavy (non-hydrogen) atoms. The van der Waals surface area contributed by atoms with Gasteiger partial charge >= 0.3 is 0 Å². The van der Waals surface area contributed by atoms with Crippen LogP contribution < -0.4 is 0 Å². The number of rotatable bonds is 3. The minimum atomic E-state index is -0.210. The Morgan fingerprint density at radius 1 is 1.50 bits per heavy atom. The van der Waals surface area contributed by atoms with Crippen LogP contribution in [-0.4, -0.2) is 28.0 Å². The van der Waals surface area contributed by atoms with Gasteiger partial charge < -0.3 is 9.42 Å². The normalized spacial score (nSPS) is 10.4. The number of hydrogen-bond donors (Lipinski definition) is 0. The zero-order valence-electron chi connectivity index (χ0n) is 10.1. The smallest absolute Gasteiger partial charge is 0.272 e. The maximum atomic E-state index is 12.1. The lowest BCUT2D eigenvalue weighted by molar-refractivity contribution is 0.0776. The van der Waals surface area contributed by atoms with E-state index in [9.17, 15) is 4.79 Å². The predicted octanol–water partition coefficient (Wildman–Crippen LogP) is 2.30. The Balaban J connectivity index is 2.09. The number of carbonyl (C=O) groups is 1. The van der Waals surface area contributed by atoms with Crippen LogP contribution in [0.1, 0.15) is 21.9 Å². The lowest BCUT2D eigenvalue weighted by Gasteiger charge is -2.14. The molecular weight excluding hydrogens is 254 g/mol. The minimum absolute atomic E-state index is 0.210. The standard InChI is InChI=1S/C12H12ClN3O2/c1-8-6-9(15-18-8)7-16(2)12(17)10-4-3-5-11(13)14-10/h3-6H,7H2,1-2H3. The lowest BCUT2D eigenvalue weighted by atomic mass is 10.3. The molecule has 0 radical (unpaired) electrons. The molecule has 0 aliphatic carbocycles. The molecule has 0 aliphatic heterocycles. The summed E-state index contributed by atoms with van der Waals surface area (Å²) < 4.78 is 4.95. The number of hydrogen-bond acceptors (Lipinski definition) is 4. The van der Waals surface area contributed by atoms with Crippen molar-refractivity contribution in [2.24, 2.45) is 0 Å². The zero-order valence-corrected chi connectivity index (χ0v) is 10.8. The van der Waals surface area contributed by atoms with Gasteiger partial charge in [-0.15, -0.1) is 0 Å². The molecule has 2 aromatic rings. The van der Waals surface area contributed by atoms with E-state index in [1.54, 1.807) is 38.2 Å². The minimum Gasteiger partial charge on any atom is -0.361 e. The third-order valence-electron chi connectivity index (χ3n) is 2.36. The largest absolute Gasteiger partial charge is 0.361 e. The molecule has 6 heteroatoms. The second kappa shape index (κ2) is 5.18. The molecule has 0 N–H and O–H groups in total. The molecule has 0 bridgehead atoms. The second-order valence-corrected chi connectivity index (χ2v) is 4.32. The van der Waals surface area contributed by atoms with Gasteiger partial charge in [-0.3, -0.25) is 4.79 Å². The highest BCUT2D eigenvalue weighted by Gasteiger charge is 2.15. The van der Waals surface area contributed by atoms with Crippen LogP contribution in [0.15, 0.2) is 28.8 Å². The Morgan fingerprint density at radius 3 is 2.89 bits per heavy atom. The number of carbonyl (C=O) groups excluding carboxylic acids is 1. The van der Waals surface area contributed by atoms with Gasteiger partial charge in [0.05, 0.1) is 6.54 Å². The first-order chi connectivity index (χ1) is 8.56. The summed E-state index contributed by atoms with van der Waals surface area (Å²) in [6.07, 6.45) is 0. The number of aryl methyl sites for hydroxylation is 1. The summed E-state index contributed by atoms with van der Waals surface area (Å²) in [4.78, 5) is 17.5. The summed E-state index contributed by atoms with van der Waals surface area (Å²) in [5.41, 5.74) is 1.01. The first kappa shape index (κ1) is 12.6. The van der Waals surface area contributed by atoms with E-state index in [2.05, 4.69) is 10.1 Å². The van der Waals surface area contributed by atoms with Crippen LogP contribution in [0, 0.1) is 6.92 Å². The maximum absolute atomic E-state index is 12.1. The first-order valence-electron chi connectivity index (χ1n) is 5.36. The van der Waals surface area contributed by atoms with Gasteiger partial charge in [-0.25, -0.2) is 4.98 Å². The topological polar surface area (TPSA) is 59.2 Å². The van der Waals surface area contributed by atoms with E-state index < -0.39 is 0 Å². The molecule has 0 saturated heterocycles. The average Bonchev–Trinajstić information content (AvgIpc) is 2.73. The summed E-state index contributed by atoms with van der Waals surface area (Å²) in [6, 6.07) is 6.73. The Hall–Kier alpha value is -1.88. The van der Waals surface area contributed by atoms with Crippen molar-refractivity contribution in [2.75, 3.05) is 7.05 Å². The van der Waals surface area contributed by atoms with Crippen molar-refractivity contribution in [3.8, 4) is 0 Å². The van der Waals surface area contributed by atoms with Crippen LogP contribution in [0.3, 0.4) is 0 Å². The Morgan fingerprint density at radius 2 is 2.28 bits per heavy atom. The molecule has 0 unspecified atom stereocenters. The SMILES string of the molecule is Cc1cc(CN(C)C(=O)c2cccc(Cl)n2)no1. The number of aromatic nitrogens is 2. The highest BCUT2D eigenvalue weighted by Crippen LogP contribution is 2.10. The van der Waals surface area contributed by atoms with Crippen LogP contribution in [0.2, 0.25) is 5.15 Å². The lowest BCUT2D eigenvalue weighted by Crippen LogP contribution is -2.27. The van der Waals surface area contributed by atoms with E-state index in [1.807, 2.05) is 0 Å². The molecule has 94 valence electrons. The highest BCUT2D eigenvalue weighted by molar-refractivity contribution is 6.29. The summed E-state index contributed by atoms with van der Waals surface area (Å²) in [7, 11) is 1.68. The molecule has 0 spiro atoms. The van der Waals surface area contributed by atoms with Gasteiger partial charge in [-0.05, 0) is 19.1 Å². The molecule has 0 atom stereocenters. The molecule has 2 rings (SSSR count). The number of pyridine rings is 1. The van der Waals surface area contributed by atoms with Gasteiger partial charge in [-0.1, -0.05) is 22.8 Å². The molecular formula is C12H12ClN3O2. The fourth-order valence-electron chi connectivity index (χ4n) is 1.53. The van der Waals surface area contributed by atoms with Gasteiger partial charge in [0.15, 0.2) is 0 Å². The fourth-order valence-corrected chi connectivity index (χ4v) is 1.69. The maximum Gasteiger partial charge on any atom is 0.272 e. The van der Waals surface area contributed by atoms with E-state index >= 15 is 0 Å². The molecule has 5 nitrogen and oxygen atoms in total. The van der Waals surface area contributed by atoms with Crippen molar-refractivity contribution in [3.63, 3.8) is 0 Å². The molecule has 2 heterocycles. The zero-order chi connectivity index (χ0) is 13.1. The van der Waals surface area contributed by atoms with Crippen LogP contribution >= 0.6 is 11.6 Å². The molecule has 2 aromatic heterocycles. The van der Waals surface area contributed by atoms with E-state index in [-0.39, 0.29) is 5.91 Å². The number of amides is 1. The summed E-state index contributed by atoms with van der Waals surface area (Å²) in [6.45, 7) is 2.17. The van der Waals surface area contributed by atoms with Crippen molar-refractivity contribution < 1.29 is 9.32 Å². The van der Waals surface area contributed by atoms with E-state index in [0.717, 1.165) is 0 Å². The van der Waals surface area contributed by atoms with Gasteiger partial charge in [0.25, 0.3) is 5.91 Å². The summed E-state index contributed by atoms with van der Waals surface area (Å²) in [5, 5.41) is 4.13. The van der Waals surface area contributed by atoms with Crippen molar-refractivity contribution >= 4 is 17.5 Å². The fraction of sp³-hybridized carbons (Fsp3) is 0.250. The van der Waals surface area contributed by atoms with Crippen molar-refractivity contribution in [2.45, 2.75) is 13.5 Å². The molecule has 0 aliphatic rings. The Labute approximate surface area is 109 Å². The van der Waals surface area contributed by atoms with Crippen molar-refractivity contribution in [1.82, 2.24) is 15.0 Å². The number of halogens is 1. The average molecular weight is 266 g/mol. The van der Waals surface area contributed by atoms with Crippen LogP contribution in [0.25, 0.3) is 0 Å². The molecule has 0 saturated carbocycles. The monoisotopic (exact) mass is 265 g/mol. The van der Waals surface area contributed by atoms with E-state index in [0.29, 0.717) is 28.8 Å². The summed E-state index contributed by atoms with van der Waals surface area (Å²) in [5.74, 6) is 0.505. The third-order valence-corrected chi connectivity index (χ3v) is 2.57. The van der Waals surface area contributed by atoms with Crippen molar-refractivity contribution in [1.29, 1.82) is 0 Å². The van der Waals surface area contributed by atoms with E-state index in [1.165, 1.54) is 4.90 Å². The molecule has 0 fully saturated rings. The van der Waals surface area contributed by atoms with Crippen LogP contribution in [0.5, 0.6) is 0 Å². The van der Waals surface area contributed by atoms with Crippen molar-refractivity contribution in [3.05, 3.63) is 46.6 Å². The van der Waals surface area contributed by atoms with Gasteiger partial charge in [0, 0.05) is 13.1 Å². The van der Waals surface area contributed by atoms with Gasteiger partial charge in [0.2, 0.25) is 0 Å². The van der Waals surface area contributed by atoms with Gasteiger partial charge in [-0.2, -0.15) is 0 Å². The quantitative estimate of drug-likeness (QED) is 0.799. The number of nitrogens with zero attached hydrogens (tertiary/aromatic N) is 3. The van der Waals surface area contributed by atoms with Crippen LogP contribution in [-0.2, 0) is 6.54 Å². The first-order valence-corrected chi connectivity index (χ1v) is 5.74. The molecule has 1 amide bonds. The highest BCUT2D eigenvalue weighted by atomic mass is 35.5. The summed E-state index contributed by atoms with van der Waals surface area (Å²) >= 11 is 5.75. The van der Waals surface area contributed by atoms with Gasteiger partial charge in [0.1, 0.15) is 22.3 Å². The van der Waals surface area contributed by atoms with Crippen LogP contribution in [0.4, 0.5) is 0 Å². The Bertz CT molecular complexity index is 568. The Kier molecular flexibility index (Phi) is 3.62.